The van der Waals surface area contributed by atoms with Gasteiger partial charge < -0.3 is 10.2 Å². The van der Waals surface area contributed by atoms with Gasteiger partial charge >= 0.3 is 0 Å². The van der Waals surface area contributed by atoms with Crippen molar-refractivity contribution in [1.82, 2.24) is 0 Å². The Hall–Kier alpha value is -0.410. The summed E-state index contributed by atoms with van der Waals surface area (Å²) in [6.07, 6.45) is 3.19. The number of carbonyl (C=O) groups excluding carboxylic acids is 1. The molecule has 2 aliphatic carbocycles. The van der Waals surface area contributed by atoms with Crippen LogP contribution in [0.4, 0.5) is 0 Å². The van der Waals surface area contributed by atoms with E-state index in [9.17, 15) is 15.0 Å². The summed E-state index contributed by atoms with van der Waals surface area (Å²) in [5.74, 6) is -0.177. The van der Waals surface area contributed by atoms with Crippen LogP contribution in [0.5, 0.6) is 0 Å². The summed E-state index contributed by atoms with van der Waals surface area (Å²) in [4.78, 5) is 12.5. The van der Waals surface area contributed by atoms with Crippen LogP contribution in [0.3, 0.4) is 0 Å². The first-order chi connectivity index (χ1) is 8.18. The fourth-order valence-electron chi connectivity index (χ4n) is 4.01. The average Bonchev–Trinajstić information content (AvgIpc) is 2.25. The van der Waals surface area contributed by atoms with Gasteiger partial charge in [-0.3, -0.25) is 4.79 Å². The van der Waals surface area contributed by atoms with Crippen LogP contribution in [0.2, 0.25) is 0 Å². The first-order valence-electron chi connectivity index (χ1n) is 7.16. The number of carbonyl (C=O) groups is 1. The van der Waals surface area contributed by atoms with Gasteiger partial charge in [0.1, 0.15) is 5.78 Å². The number of fused-ring (bicyclic) bond motifs is 1. The highest BCUT2D eigenvalue weighted by Crippen LogP contribution is 2.52. The van der Waals surface area contributed by atoms with E-state index in [1.807, 2.05) is 13.8 Å². The summed E-state index contributed by atoms with van der Waals surface area (Å²) in [6, 6.07) is 0. The highest BCUT2D eigenvalue weighted by atomic mass is 16.3. The number of aliphatic hydroxyl groups is 2. The Morgan fingerprint density at radius 2 is 1.83 bits per heavy atom. The van der Waals surface area contributed by atoms with E-state index >= 15 is 0 Å². The quantitative estimate of drug-likeness (QED) is 0.754. The van der Waals surface area contributed by atoms with Gasteiger partial charge in [0.05, 0.1) is 17.1 Å². The maximum Gasteiger partial charge on any atom is 0.142 e. The molecule has 2 rings (SSSR count). The molecule has 0 amide bonds. The molecule has 104 valence electrons. The number of hydrogen-bond acceptors (Lipinski definition) is 3. The number of rotatable bonds is 1. The summed E-state index contributed by atoms with van der Waals surface area (Å²) < 4.78 is 0. The Kier molecular flexibility index (Phi) is 3.35. The average molecular weight is 254 g/mol. The summed E-state index contributed by atoms with van der Waals surface area (Å²) in [5, 5.41) is 21.3. The highest BCUT2D eigenvalue weighted by molar-refractivity contribution is 5.85. The second-order valence-electron chi connectivity index (χ2n) is 7.05. The monoisotopic (exact) mass is 254 g/mol. The van der Waals surface area contributed by atoms with Gasteiger partial charge in [-0.05, 0) is 51.4 Å². The molecule has 2 saturated carbocycles. The molecule has 5 atom stereocenters. The zero-order chi connectivity index (χ0) is 13.7. The van der Waals surface area contributed by atoms with Gasteiger partial charge in [0.25, 0.3) is 0 Å². The first-order valence-corrected chi connectivity index (χ1v) is 7.16. The molecule has 2 aliphatic rings. The Morgan fingerprint density at radius 1 is 1.22 bits per heavy atom. The van der Waals surface area contributed by atoms with Crippen LogP contribution in [0.15, 0.2) is 0 Å². The van der Waals surface area contributed by atoms with E-state index < -0.39 is 11.2 Å². The lowest BCUT2D eigenvalue weighted by Gasteiger charge is -2.54. The van der Waals surface area contributed by atoms with Gasteiger partial charge in [-0.1, -0.05) is 13.8 Å². The van der Waals surface area contributed by atoms with Gasteiger partial charge in [-0.2, -0.15) is 0 Å². The van der Waals surface area contributed by atoms with Crippen LogP contribution in [0.1, 0.15) is 53.4 Å². The Morgan fingerprint density at radius 3 is 2.39 bits per heavy atom. The lowest BCUT2D eigenvalue weighted by Crippen LogP contribution is -2.61. The second kappa shape index (κ2) is 4.31. The van der Waals surface area contributed by atoms with Crippen LogP contribution in [-0.2, 0) is 4.79 Å². The molecule has 0 aromatic carbocycles. The zero-order valence-corrected chi connectivity index (χ0v) is 11.9. The third-order valence-corrected chi connectivity index (χ3v) is 5.38. The van der Waals surface area contributed by atoms with Gasteiger partial charge in [0.2, 0.25) is 0 Å². The van der Waals surface area contributed by atoms with Crippen LogP contribution >= 0.6 is 0 Å². The molecule has 0 bridgehead atoms. The Balaban J connectivity index is 2.40. The molecule has 0 heterocycles. The van der Waals surface area contributed by atoms with Gasteiger partial charge in [0.15, 0.2) is 0 Å². The van der Waals surface area contributed by atoms with Gasteiger partial charge in [-0.25, -0.2) is 0 Å². The van der Waals surface area contributed by atoms with E-state index in [-0.39, 0.29) is 29.5 Å². The fourth-order valence-corrected chi connectivity index (χ4v) is 4.01. The summed E-state index contributed by atoms with van der Waals surface area (Å²) >= 11 is 0. The van der Waals surface area contributed by atoms with E-state index in [0.29, 0.717) is 6.42 Å². The number of Topliss-reactive ketones (excluding diaryl/α,β-unsaturated/α-hetero) is 1. The van der Waals surface area contributed by atoms with E-state index in [4.69, 9.17) is 0 Å². The Bertz CT molecular complexity index is 344. The van der Waals surface area contributed by atoms with E-state index in [0.717, 1.165) is 19.3 Å². The lowest BCUT2D eigenvalue weighted by atomic mass is 9.53. The maximum absolute atomic E-state index is 12.5. The third-order valence-electron chi connectivity index (χ3n) is 5.38. The molecule has 18 heavy (non-hydrogen) atoms. The first kappa shape index (κ1) is 14.0. The molecule has 0 unspecified atom stereocenters. The molecule has 0 spiro atoms. The van der Waals surface area contributed by atoms with Crippen molar-refractivity contribution in [3.63, 3.8) is 0 Å². The predicted octanol–water partition coefficient (Wildman–Crippen LogP) is 2.15. The molecule has 0 aromatic rings. The van der Waals surface area contributed by atoms with Crippen molar-refractivity contribution in [2.24, 2.45) is 23.7 Å². The highest BCUT2D eigenvalue weighted by Gasteiger charge is 2.57. The molecule has 2 N–H and O–H groups in total. The van der Waals surface area contributed by atoms with E-state index in [1.54, 1.807) is 13.8 Å². The van der Waals surface area contributed by atoms with Crippen LogP contribution < -0.4 is 0 Å². The summed E-state index contributed by atoms with van der Waals surface area (Å²) in [5.41, 5.74) is -1.79. The smallest absolute Gasteiger partial charge is 0.142 e. The molecule has 0 saturated heterocycles. The van der Waals surface area contributed by atoms with Crippen molar-refractivity contribution in [2.75, 3.05) is 0 Å². The molecular formula is C15H26O3. The van der Waals surface area contributed by atoms with Crippen LogP contribution in [-0.4, -0.2) is 27.2 Å². The predicted molar refractivity (Wildman–Crippen MR) is 70.0 cm³/mol. The minimum Gasteiger partial charge on any atom is -0.390 e. The maximum atomic E-state index is 12.5. The molecule has 0 aliphatic heterocycles. The van der Waals surface area contributed by atoms with Crippen molar-refractivity contribution >= 4 is 5.78 Å². The van der Waals surface area contributed by atoms with Crippen LogP contribution in [0.25, 0.3) is 0 Å². The standard InChI is InChI=1S/C15H26O3/c1-9-7-8-15(18)10(2)5-6-11(14(3,4)17)12(15)13(9)16/h9-12,17-18H,5-8H2,1-4H3/t9-,10-,11+,12-,15-/m0/s1. The molecular weight excluding hydrogens is 228 g/mol. The second-order valence-corrected chi connectivity index (χ2v) is 7.05. The van der Waals surface area contributed by atoms with E-state index in [1.165, 1.54) is 0 Å². The lowest BCUT2D eigenvalue weighted by molar-refractivity contribution is -0.184. The minimum atomic E-state index is -0.897. The van der Waals surface area contributed by atoms with Crippen molar-refractivity contribution in [2.45, 2.75) is 64.6 Å². The van der Waals surface area contributed by atoms with Crippen molar-refractivity contribution in [3.05, 3.63) is 0 Å². The molecule has 3 heteroatoms. The normalized spacial score (nSPS) is 45.8. The molecule has 0 radical (unpaired) electrons. The molecule has 2 fully saturated rings. The minimum absolute atomic E-state index is 0.0189. The molecule has 3 nitrogen and oxygen atoms in total. The number of hydrogen-bond donors (Lipinski definition) is 2. The largest absolute Gasteiger partial charge is 0.390 e. The Labute approximate surface area is 110 Å². The third kappa shape index (κ3) is 2.01. The molecule has 0 aromatic heterocycles. The SMILES string of the molecule is C[C@H]1CC[C@@]2(O)[C@H](C1=O)[C@H](C(C)(C)O)CC[C@@H]2C. The van der Waals surface area contributed by atoms with Gasteiger partial charge in [-0.15, -0.1) is 0 Å². The summed E-state index contributed by atoms with van der Waals surface area (Å²) in [6.45, 7) is 7.51. The van der Waals surface area contributed by atoms with Gasteiger partial charge in [0, 0.05) is 5.92 Å². The number of ketones is 1. The van der Waals surface area contributed by atoms with Crippen molar-refractivity contribution < 1.29 is 15.0 Å². The van der Waals surface area contributed by atoms with Crippen LogP contribution in [0, 0.1) is 23.7 Å². The zero-order valence-electron chi connectivity index (χ0n) is 11.9. The fraction of sp³-hybridized carbons (Fsp3) is 0.933. The summed E-state index contributed by atoms with van der Waals surface area (Å²) in [7, 11) is 0. The van der Waals surface area contributed by atoms with Crippen molar-refractivity contribution in [1.29, 1.82) is 0 Å². The van der Waals surface area contributed by atoms with E-state index in [2.05, 4.69) is 0 Å². The topological polar surface area (TPSA) is 57.5 Å². The van der Waals surface area contributed by atoms with Crippen molar-refractivity contribution in [3.8, 4) is 0 Å².